The highest BCUT2D eigenvalue weighted by atomic mass is 127. The molecule has 1 atom stereocenters. The van der Waals surface area contributed by atoms with E-state index >= 15 is 0 Å². The minimum Gasteiger partial charge on any atom is -0.497 e. The first-order valence-corrected chi connectivity index (χ1v) is 7.91. The lowest BCUT2D eigenvalue weighted by molar-refractivity contribution is 0.156. The summed E-state index contributed by atoms with van der Waals surface area (Å²) in [5.74, 6) is 1.87. The van der Waals surface area contributed by atoms with Crippen molar-refractivity contribution in [3.63, 3.8) is 0 Å². The number of ether oxygens (including phenoxy) is 2. The molecular weight excluding hydrogens is 405 g/mol. The Morgan fingerprint density at radius 2 is 2.13 bits per heavy atom. The molecule has 0 aromatic heterocycles. The summed E-state index contributed by atoms with van der Waals surface area (Å²) in [5.41, 5.74) is 1.58. The summed E-state index contributed by atoms with van der Waals surface area (Å²) in [4.78, 5) is 6.80. The zero-order chi connectivity index (χ0) is 15.4. The maximum absolute atomic E-state index is 5.60. The lowest BCUT2D eigenvalue weighted by Gasteiger charge is -2.25. The molecular formula is C17H26IN3O2. The molecule has 1 spiro atoms. The van der Waals surface area contributed by atoms with Gasteiger partial charge in [-0.1, -0.05) is 12.1 Å². The van der Waals surface area contributed by atoms with E-state index in [0.717, 1.165) is 44.6 Å². The molecule has 128 valence electrons. The number of aliphatic imine (C=N–C) groups is 1. The topological polar surface area (TPSA) is 46.1 Å². The van der Waals surface area contributed by atoms with Crippen molar-refractivity contribution in [3.8, 4) is 5.75 Å². The van der Waals surface area contributed by atoms with Crippen LogP contribution in [0.5, 0.6) is 5.75 Å². The number of methoxy groups -OCH3 is 1. The van der Waals surface area contributed by atoms with Crippen LogP contribution >= 0.6 is 24.0 Å². The van der Waals surface area contributed by atoms with Gasteiger partial charge in [-0.25, -0.2) is 0 Å². The standard InChI is InChI=1S/C17H25N3O2.HI/c1-18-16(19-11-14-3-5-15(21-2)6-4-14)20-9-7-17(12-20)8-10-22-13-17;/h3-6H,7-13H2,1-2H3,(H,18,19);1H. The summed E-state index contributed by atoms with van der Waals surface area (Å²) in [7, 11) is 3.54. The number of hydrogen-bond acceptors (Lipinski definition) is 3. The fourth-order valence-electron chi connectivity index (χ4n) is 3.34. The molecule has 0 bridgehead atoms. The first-order valence-electron chi connectivity index (χ1n) is 7.91. The van der Waals surface area contributed by atoms with E-state index in [1.54, 1.807) is 7.11 Å². The summed E-state index contributed by atoms with van der Waals surface area (Å²) in [6.45, 7) is 4.70. The van der Waals surface area contributed by atoms with E-state index in [1.165, 1.54) is 18.4 Å². The second-order valence-corrected chi connectivity index (χ2v) is 6.22. The van der Waals surface area contributed by atoms with Gasteiger partial charge < -0.3 is 19.7 Å². The molecule has 23 heavy (non-hydrogen) atoms. The third-order valence-electron chi connectivity index (χ3n) is 4.74. The van der Waals surface area contributed by atoms with E-state index < -0.39 is 0 Å². The third-order valence-corrected chi connectivity index (χ3v) is 4.74. The minimum absolute atomic E-state index is 0. The molecule has 0 radical (unpaired) electrons. The molecule has 2 fully saturated rings. The van der Waals surface area contributed by atoms with Crippen LogP contribution in [0.3, 0.4) is 0 Å². The van der Waals surface area contributed by atoms with Gasteiger partial charge >= 0.3 is 0 Å². The zero-order valence-electron chi connectivity index (χ0n) is 13.9. The number of benzene rings is 1. The van der Waals surface area contributed by atoms with E-state index in [2.05, 4.69) is 27.3 Å². The fraction of sp³-hybridized carbons (Fsp3) is 0.588. The highest BCUT2D eigenvalue weighted by Crippen LogP contribution is 2.38. The predicted molar refractivity (Wildman–Crippen MR) is 103 cm³/mol. The van der Waals surface area contributed by atoms with Gasteiger partial charge in [0.25, 0.3) is 0 Å². The van der Waals surface area contributed by atoms with Crippen molar-refractivity contribution in [1.29, 1.82) is 0 Å². The smallest absolute Gasteiger partial charge is 0.193 e. The van der Waals surface area contributed by atoms with Gasteiger partial charge in [0.1, 0.15) is 5.75 Å². The Bertz CT molecular complexity index is 527. The van der Waals surface area contributed by atoms with E-state index in [4.69, 9.17) is 9.47 Å². The van der Waals surface area contributed by atoms with Gasteiger partial charge in [0.15, 0.2) is 5.96 Å². The largest absolute Gasteiger partial charge is 0.497 e. The Labute approximate surface area is 155 Å². The van der Waals surface area contributed by atoms with Crippen LogP contribution in [0.15, 0.2) is 29.3 Å². The molecule has 1 N–H and O–H groups in total. The molecule has 5 nitrogen and oxygen atoms in total. The molecule has 0 amide bonds. The van der Waals surface area contributed by atoms with Gasteiger partial charge in [-0.3, -0.25) is 4.99 Å². The number of halogens is 1. The summed E-state index contributed by atoms with van der Waals surface area (Å²) in [6.07, 6.45) is 2.38. The number of nitrogens with one attached hydrogen (secondary N) is 1. The molecule has 1 aromatic rings. The maximum Gasteiger partial charge on any atom is 0.193 e. The number of nitrogens with zero attached hydrogens (tertiary/aromatic N) is 2. The van der Waals surface area contributed by atoms with Crippen molar-refractivity contribution in [3.05, 3.63) is 29.8 Å². The molecule has 0 saturated carbocycles. The van der Waals surface area contributed by atoms with Crippen LogP contribution < -0.4 is 10.1 Å². The van der Waals surface area contributed by atoms with Gasteiger partial charge in [-0.05, 0) is 30.5 Å². The van der Waals surface area contributed by atoms with Crippen LogP contribution in [-0.4, -0.2) is 51.3 Å². The Kier molecular flexibility index (Phi) is 6.52. The lowest BCUT2D eigenvalue weighted by Crippen LogP contribution is -2.41. The maximum atomic E-state index is 5.60. The highest BCUT2D eigenvalue weighted by Gasteiger charge is 2.42. The van der Waals surface area contributed by atoms with Crippen molar-refractivity contribution in [2.24, 2.45) is 10.4 Å². The Morgan fingerprint density at radius 1 is 1.35 bits per heavy atom. The first kappa shape index (κ1) is 18.3. The molecule has 2 aliphatic heterocycles. The van der Waals surface area contributed by atoms with E-state index in [-0.39, 0.29) is 24.0 Å². The predicted octanol–water partition coefficient (Wildman–Crippen LogP) is 2.50. The molecule has 1 aromatic carbocycles. The minimum atomic E-state index is 0. The van der Waals surface area contributed by atoms with Crippen LogP contribution in [0, 0.1) is 5.41 Å². The third kappa shape index (κ3) is 4.29. The summed E-state index contributed by atoms with van der Waals surface area (Å²) >= 11 is 0. The SMILES string of the molecule is CN=C(NCc1ccc(OC)cc1)N1CCC2(CCOC2)C1.I. The van der Waals surface area contributed by atoms with Crippen LogP contribution in [0.4, 0.5) is 0 Å². The molecule has 6 heteroatoms. The normalized spacial score (nSPS) is 23.9. The van der Waals surface area contributed by atoms with Gasteiger partial charge in [0.05, 0.1) is 13.7 Å². The fourth-order valence-corrected chi connectivity index (χ4v) is 3.34. The molecule has 2 aliphatic rings. The van der Waals surface area contributed by atoms with Crippen LogP contribution in [0.1, 0.15) is 18.4 Å². The second-order valence-electron chi connectivity index (χ2n) is 6.22. The highest BCUT2D eigenvalue weighted by molar-refractivity contribution is 14.0. The summed E-state index contributed by atoms with van der Waals surface area (Å²) in [5, 5.41) is 3.47. The molecule has 2 heterocycles. The average molecular weight is 431 g/mol. The van der Waals surface area contributed by atoms with Crippen LogP contribution in [0.25, 0.3) is 0 Å². The summed E-state index contributed by atoms with van der Waals surface area (Å²) < 4.78 is 10.8. The van der Waals surface area contributed by atoms with Crippen molar-refractivity contribution < 1.29 is 9.47 Å². The van der Waals surface area contributed by atoms with Crippen molar-refractivity contribution in [1.82, 2.24) is 10.2 Å². The lowest BCUT2D eigenvalue weighted by atomic mass is 9.87. The molecule has 2 saturated heterocycles. The van der Waals surface area contributed by atoms with Gasteiger partial charge in [-0.2, -0.15) is 0 Å². The quantitative estimate of drug-likeness (QED) is 0.454. The monoisotopic (exact) mass is 431 g/mol. The van der Waals surface area contributed by atoms with Gasteiger partial charge in [0.2, 0.25) is 0 Å². The Balaban J connectivity index is 0.00000192. The number of guanidine groups is 1. The van der Waals surface area contributed by atoms with Crippen LogP contribution in [0.2, 0.25) is 0 Å². The van der Waals surface area contributed by atoms with Gasteiger partial charge in [0, 0.05) is 38.7 Å². The zero-order valence-corrected chi connectivity index (χ0v) is 16.2. The van der Waals surface area contributed by atoms with Gasteiger partial charge in [-0.15, -0.1) is 24.0 Å². The molecule has 1 unspecified atom stereocenters. The summed E-state index contributed by atoms with van der Waals surface area (Å²) in [6, 6.07) is 8.13. The Hall–Kier alpha value is -1.02. The van der Waals surface area contributed by atoms with Crippen LogP contribution in [-0.2, 0) is 11.3 Å². The Morgan fingerprint density at radius 3 is 2.74 bits per heavy atom. The number of likely N-dealkylation sites (tertiary alicyclic amines) is 1. The molecule has 0 aliphatic carbocycles. The average Bonchev–Trinajstić information content (AvgIpc) is 3.19. The van der Waals surface area contributed by atoms with E-state index in [1.807, 2.05) is 19.2 Å². The van der Waals surface area contributed by atoms with E-state index in [0.29, 0.717) is 5.41 Å². The van der Waals surface area contributed by atoms with Crippen molar-refractivity contribution in [2.75, 3.05) is 40.5 Å². The van der Waals surface area contributed by atoms with Crippen molar-refractivity contribution >= 4 is 29.9 Å². The van der Waals surface area contributed by atoms with Crippen molar-refractivity contribution in [2.45, 2.75) is 19.4 Å². The number of rotatable bonds is 3. The first-order chi connectivity index (χ1) is 10.7. The van der Waals surface area contributed by atoms with E-state index in [9.17, 15) is 0 Å². The molecule has 3 rings (SSSR count). The second kappa shape index (κ2) is 8.19. The number of hydrogen-bond donors (Lipinski definition) is 1.